The minimum atomic E-state index is -0.950. The Hall–Kier alpha value is -2.70. The van der Waals surface area contributed by atoms with Gasteiger partial charge in [-0.1, -0.05) is 0 Å². The lowest BCUT2D eigenvalue weighted by Gasteiger charge is -2.26. The minimum absolute atomic E-state index is 0.243. The van der Waals surface area contributed by atoms with Crippen molar-refractivity contribution in [2.45, 2.75) is 13.3 Å². The van der Waals surface area contributed by atoms with Crippen LogP contribution in [0.4, 0.5) is 10.5 Å². The number of hydrazine groups is 1. The topological polar surface area (TPSA) is 90.9 Å². The lowest BCUT2D eigenvalue weighted by Crippen LogP contribution is -2.37. The number of hydrogen-bond donors (Lipinski definition) is 3. The summed E-state index contributed by atoms with van der Waals surface area (Å²) in [6.45, 7) is 3.25. The van der Waals surface area contributed by atoms with Gasteiger partial charge in [-0.05, 0) is 37.3 Å². The zero-order chi connectivity index (χ0) is 15.9. The smallest absolute Gasteiger partial charge is 0.410 e. The molecule has 7 nitrogen and oxygen atoms in total. The number of carbonyl (C=O) groups excluding carboxylic acids is 1. The quantitative estimate of drug-likeness (QED) is 0.721. The number of amides is 1. The van der Waals surface area contributed by atoms with Crippen LogP contribution in [0, 0.1) is 0 Å². The van der Waals surface area contributed by atoms with Gasteiger partial charge in [0.15, 0.2) is 0 Å². The third-order valence-corrected chi connectivity index (χ3v) is 3.23. The maximum atomic E-state index is 11.6. The maximum absolute atomic E-state index is 11.6. The van der Waals surface area contributed by atoms with Gasteiger partial charge in [-0.25, -0.2) is 9.59 Å². The van der Waals surface area contributed by atoms with Crippen molar-refractivity contribution in [1.29, 1.82) is 0 Å². The summed E-state index contributed by atoms with van der Waals surface area (Å²) < 4.78 is 4.95. The van der Waals surface area contributed by atoms with Gasteiger partial charge < -0.3 is 25.6 Å². The molecule has 1 amide bonds. The highest BCUT2D eigenvalue weighted by Gasteiger charge is 2.17. The van der Waals surface area contributed by atoms with E-state index in [1.54, 1.807) is 24.0 Å². The van der Waals surface area contributed by atoms with Gasteiger partial charge in [0, 0.05) is 25.2 Å². The number of carboxylic acids is 1. The molecule has 2 rings (SSSR count). The van der Waals surface area contributed by atoms with Gasteiger partial charge >= 0.3 is 12.1 Å². The van der Waals surface area contributed by atoms with Crippen LogP contribution in [0.25, 0.3) is 0 Å². The number of nitrogens with one attached hydrogen (secondary N) is 2. The number of nitrogens with zero attached hydrogens (tertiary/aromatic N) is 1. The summed E-state index contributed by atoms with van der Waals surface area (Å²) in [5.74, 6) is -0.950. The molecule has 0 saturated carbocycles. The van der Waals surface area contributed by atoms with Crippen molar-refractivity contribution in [2.24, 2.45) is 0 Å². The third kappa shape index (κ3) is 4.15. The number of aromatic carboxylic acids is 1. The van der Waals surface area contributed by atoms with Crippen LogP contribution in [0.15, 0.2) is 36.0 Å². The SMILES string of the molecule is CCOC(=O)N1CC=C(NNc2ccc(C(=O)O)cc2)CC1. The molecule has 1 heterocycles. The summed E-state index contributed by atoms with van der Waals surface area (Å²) >= 11 is 0. The lowest BCUT2D eigenvalue weighted by atomic mass is 10.2. The molecule has 0 unspecified atom stereocenters. The van der Waals surface area contributed by atoms with E-state index in [9.17, 15) is 9.59 Å². The Morgan fingerprint density at radius 1 is 1.27 bits per heavy atom. The first-order chi connectivity index (χ1) is 10.6. The van der Waals surface area contributed by atoms with E-state index in [-0.39, 0.29) is 11.7 Å². The van der Waals surface area contributed by atoms with E-state index in [2.05, 4.69) is 10.9 Å². The van der Waals surface area contributed by atoms with Crippen LogP contribution in [0.3, 0.4) is 0 Å². The maximum Gasteiger partial charge on any atom is 0.410 e. The average Bonchev–Trinajstić information content (AvgIpc) is 2.54. The molecule has 0 spiro atoms. The van der Waals surface area contributed by atoms with E-state index in [1.807, 2.05) is 6.08 Å². The molecule has 1 aliphatic heterocycles. The molecule has 0 fully saturated rings. The molecule has 1 aromatic carbocycles. The zero-order valence-electron chi connectivity index (χ0n) is 12.3. The number of anilines is 1. The second-order valence-electron chi connectivity index (χ2n) is 4.76. The third-order valence-electron chi connectivity index (χ3n) is 3.23. The van der Waals surface area contributed by atoms with Gasteiger partial charge in [-0.2, -0.15) is 0 Å². The van der Waals surface area contributed by atoms with Crippen LogP contribution in [0.5, 0.6) is 0 Å². The summed E-state index contributed by atoms with van der Waals surface area (Å²) in [5.41, 5.74) is 8.05. The molecule has 0 aromatic heterocycles. The molecule has 3 N–H and O–H groups in total. The van der Waals surface area contributed by atoms with Gasteiger partial charge in [-0.15, -0.1) is 0 Å². The van der Waals surface area contributed by atoms with Crippen molar-refractivity contribution in [2.75, 3.05) is 25.1 Å². The highest BCUT2D eigenvalue weighted by Crippen LogP contribution is 2.12. The normalized spacial score (nSPS) is 14.0. The number of carbonyl (C=O) groups is 2. The fraction of sp³-hybridized carbons (Fsp3) is 0.333. The Morgan fingerprint density at radius 2 is 2.00 bits per heavy atom. The van der Waals surface area contributed by atoms with E-state index >= 15 is 0 Å². The summed E-state index contributed by atoms with van der Waals surface area (Å²) in [5, 5.41) is 8.83. The van der Waals surface area contributed by atoms with E-state index in [0.717, 1.165) is 11.4 Å². The largest absolute Gasteiger partial charge is 0.478 e. The predicted octanol–water partition coefficient (Wildman–Crippen LogP) is 2.05. The number of carboxylic acid groups (broad SMARTS) is 1. The first-order valence-corrected chi connectivity index (χ1v) is 7.06. The van der Waals surface area contributed by atoms with Crippen molar-refractivity contribution >= 4 is 17.7 Å². The van der Waals surface area contributed by atoms with Crippen LogP contribution in [0.1, 0.15) is 23.7 Å². The van der Waals surface area contributed by atoms with Crippen LogP contribution in [0.2, 0.25) is 0 Å². The molecule has 0 atom stereocenters. The first-order valence-electron chi connectivity index (χ1n) is 7.06. The van der Waals surface area contributed by atoms with Crippen molar-refractivity contribution in [3.8, 4) is 0 Å². The highest BCUT2D eigenvalue weighted by atomic mass is 16.6. The van der Waals surface area contributed by atoms with Gasteiger partial charge in [-0.3, -0.25) is 0 Å². The molecule has 1 aliphatic rings. The molecular weight excluding hydrogens is 286 g/mol. The molecule has 0 bridgehead atoms. The van der Waals surface area contributed by atoms with Crippen molar-refractivity contribution in [3.63, 3.8) is 0 Å². The summed E-state index contributed by atoms with van der Waals surface area (Å²) in [6.07, 6.45) is 2.31. The van der Waals surface area contributed by atoms with Crippen molar-refractivity contribution in [1.82, 2.24) is 10.3 Å². The monoisotopic (exact) mass is 305 g/mol. The van der Waals surface area contributed by atoms with E-state index in [0.29, 0.717) is 26.1 Å². The molecule has 118 valence electrons. The van der Waals surface area contributed by atoms with E-state index < -0.39 is 5.97 Å². The van der Waals surface area contributed by atoms with Crippen LogP contribution in [-0.4, -0.2) is 41.8 Å². The van der Waals surface area contributed by atoms with Gasteiger partial charge in [0.2, 0.25) is 0 Å². The molecule has 7 heteroatoms. The molecule has 0 saturated heterocycles. The van der Waals surface area contributed by atoms with E-state index in [1.165, 1.54) is 12.1 Å². The minimum Gasteiger partial charge on any atom is -0.478 e. The van der Waals surface area contributed by atoms with Gasteiger partial charge in [0.1, 0.15) is 0 Å². The average molecular weight is 305 g/mol. The second kappa shape index (κ2) is 7.35. The molecule has 0 radical (unpaired) electrons. The molecule has 0 aliphatic carbocycles. The Balaban J connectivity index is 1.82. The lowest BCUT2D eigenvalue weighted by molar-refractivity contribution is 0.0696. The highest BCUT2D eigenvalue weighted by molar-refractivity contribution is 5.87. The Morgan fingerprint density at radius 3 is 2.55 bits per heavy atom. The molecule has 1 aromatic rings. The van der Waals surface area contributed by atoms with Crippen molar-refractivity contribution in [3.05, 3.63) is 41.6 Å². The predicted molar refractivity (Wildman–Crippen MR) is 81.5 cm³/mol. The number of hydrogen-bond acceptors (Lipinski definition) is 5. The Kier molecular flexibility index (Phi) is 5.24. The van der Waals surface area contributed by atoms with Gasteiger partial charge in [0.05, 0.1) is 17.9 Å². The number of benzene rings is 1. The fourth-order valence-corrected chi connectivity index (χ4v) is 2.01. The fourth-order valence-electron chi connectivity index (χ4n) is 2.01. The zero-order valence-corrected chi connectivity index (χ0v) is 12.3. The van der Waals surface area contributed by atoms with Crippen LogP contribution < -0.4 is 10.9 Å². The van der Waals surface area contributed by atoms with Gasteiger partial charge in [0.25, 0.3) is 0 Å². The molecular formula is C15H19N3O4. The Bertz CT molecular complexity index is 569. The number of ether oxygens (including phenoxy) is 1. The van der Waals surface area contributed by atoms with Crippen LogP contribution >= 0.6 is 0 Å². The second-order valence-corrected chi connectivity index (χ2v) is 4.76. The summed E-state index contributed by atoms with van der Waals surface area (Å²) in [7, 11) is 0. The summed E-state index contributed by atoms with van der Waals surface area (Å²) in [6, 6.07) is 6.43. The molecule has 22 heavy (non-hydrogen) atoms. The first kappa shape index (κ1) is 15.7. The van der Waals surface area contributed by atoms with E-state index in [4.69, 9.17) is 9.84 Å². The number of rotatable bonds is 5. The summed E-state index contributed by atoms with van der Waals surface area (Å²) in [4.78, 5) is 24.0. The van der Waals surface area contributed by atoms with Crippen LogP contribution in [-0.2, 0) is 4.74 Å². The standard InChI is InChI=1S/C15H19N3O4/c1-2-22-15(21)18-9-7-13(8-10-18)17-16-12-5-3-11(4-6-12)14(19)20/h3-7,16-17H,2,8-10H2,1H3,(H,19,20). The van der Waals surface area contributed by atoms with Crippen molar-refractivity contribution < 1.29 is 19.4 Å². The Labute approximate surface area is 128 Å².